The molecule has 0 aromatic carbocycles. The third-order valence-corrected chi connectivity index (χ3v) is 1.73. The van der Waals surface area contributed by atoms with Crippen molar-refractivity contribution in [1.29, 1.82) is 0 Å². The van der Waals surface area contributed by atoms with Crippen molar-refractivity contribution >= 4 is 6.71 Å². The van der Waals surface area contributed by atoms with Crippen LogP contribution in [-0.4, -0.2) is 6.71 Å². The first kappa shape index (κ1) is 22.7. The first-order valence-corrected chi connectivity index (χ1v) is 3.35. The molecule has 0 aromatic rings. The Hall–Kier alpha value is 2.13. The van der Waals surface area contributed by atoms with Crippen molar-refractivity contribution < 1.29 is 63.2 Å². The second-order valence-electron chi connectivity index (χ2n) is 2.09. The topological polar surface area (TPSA) is 0 Å². The molecule has 0 saturated heterocycles. The van der Waals surface area contributed by atoms with Gasteiger partial charge in [-0.05, 0) is 0 Å². The molecule has 0 unspecified atom stereocenters. The van der Waals surface area contributed by atoms with Gasteiger partial charge >= 0.3 is 0 Å². The third kappa shape index (κ3) is 12.8. The van der Waals surface area contributed by atoms with E-state index >= 15 is 0 Å². The van der Waals surface area contributed by atoms with E-state index in [0.29, 0.717) is 0 Å². The fraction of sp³-hybridized carbons (Fsp3) is 1.00. The summed E-state index contributed by atoms with van der Waals surface area (Å²) in [5.74, 6) is 0. The second kappa shape index (κ2) is 17.3. The molecule has 0 N–H and O–H groups in total. The van der Waals surface area contributed by atoms with Crippen molar-refractivity contribution in [2.24, 2.45) is 0 Å². The van der Waals surface area contributed by atoms with Crippen molar-refractivity contribution in [3.8, 4) is 0 Å². The van der Waals surface area contributed by atoms with Gasteiger partial charge in [0.15, 0.2) is 0 Å². The maximum absolute atomic E-state index is 2.26. The fourth-order valence-corrected chi connectivity index (χ4v) is 0.866. The molecule has 0 heterocycles. The van der Waals surface area contributed by atoms with Crippen LogP contribution in [0.1, 0.15) is 20.8 Å². The van der Waals surface area contributed by atoms with Gasteiger partial charge in [0, 0.05) is 63.2 Å². The average Bonchev–Trinajstić information content (AvgIpc) is 1.72. The summed E-state index contributed by atoms with van der Waals surface area (Å²) in [6.07, 6.45) is 4.06. The first-order valence-electron chi connectivity index (χ1n) is 3.35. The van der Waals surface area contributed by atoms with E-state index in [1.54, 1.807) is 0 Å². The number of hydrogen-bond donors (Lipinski definition) is 0. The minimum Gasteiger partial charge on any atom is -0.0770 e. The normalized spacial score (nSPS) is 6.30. The maximum atomic E-state index is 2.26. The fourth-order valence-electron chi connectivity index (χ4n) is 0.866. The van der Waals surface area contributed by atoms with E-state index in [2.05, 4.69) is 20.8 Å². The summed E-state index contributed by atoms with van der Waals surface area (Å²) in [5, 5.41) is 0. The Kier molecular flexibility index (Phi) is 39.3. The van der Waals surface area contributed by atoms with E-state index in [4.69, 9.17) is 0 Å². The van der Waals surface area contributed by atoms with E-state index in [1.807, 2.05) is 0 Å². The van der Waals surface area contributed by atoms with Gasteiger partial charge in [0.25, 0.3) is 0 Å². The molecule has 0 spiro atoms. The largest absolute Gasteiger partial charge is 0.139 e. The summed E-state index contributed by atoms with van der Waals surface area (Å²) >= 11 is 0. The zero-order valence-corrected chi connectivity index (χ0v) is 15.7. The van der Waals surface area contributed by atoms with E-state index in [-0.39, 0.29) is 63.2 Å². The minimum atomic E-state index is 0. The van der Waals surface area contributed by atoms with E-state index in [9.17, 15) is 0 Å². The molecule has 0 aliphatic rings. The van der Waals surface area contributed by atoms with Crippen LogP contribution >= 0.6 is 0 Å². The van der Waals surface area contributed by atoms with Crippen LogP contribution in [0.15, 0.2) is 0 Å². The van der Waals surface area contributed by atoms with Crippen LogP contribution in [0.2, 0.25) is 19.0 Å². The van der Waals surface area contributed by atoms with Crippen LogP contribution in [0.5, 0.6) is 0 Å². The van der Waals surface area contributed by atoms with Gasteiger partial charge in [-0.2, -0.15) is 0 Å². The number of hydrogen-bond acceptors (Lipinski definition) is 0. The summed E-state index contributed by atoms with van der Waals surface area (Å²) in [5.41, 5.74) is 0. The Labute approximate surface area is 109 Å². The standard InChI is InChI=1S/C6H15B.3W/c1-4-7(5-2)6-3;;;/h4-6H2,1-3H3;;;. The van der Waals surface area contributed by atoms with E-state index in [0.717, 1.165) is 6.71 Å². The minimum absolute atomic E-state index is 0. The molecule has 0 fully saturated rings. The van der Waals surface area contributed by atoms with Gasteiger partial charge in [-0.3, -0.25) is 0 Å². The summed E-state index contributed by atoms with van der Waals surface area (Å²) in [6, 6.07) is 0. The zero-order valence-electron chi connectivity index (χ0n) is 6.92. The summed E-state index contributed by atoms with van der Waals surface area (Å²) in [6.45, 7) is 7.77. The van der Waals surface area contributed by atoms with Crippen LogP contribution in [0.25, 0.3) is 0 Å². The molecule has 10 heavy (non-hydrogen) atoms. The van der Waals surface area contributed by atoms with E-state index in [1.165, 1.54) is 19.0 Å². The van der Waals surface area contributed by atoms with Crippen molar-refractivity contribution in [1.82, 2.24) is 0 Å². The Morgan fingerprint density at radius 3 is 0.900 bits per heavy atom. The first-order chi connectivity index (χ1) is 3.35. The SMILES string of the molecule is CCB(CC)CC.[W].[W].[W]. The molecule has 0 aliphatic carbocycles. The molecule has 4 heteroatoms. The van der Waals surface area contributed by atoms with Crippen molar-refractivity contribution in [3.63, 3.8) is 0 Å². The van der Waals surface area contributed by atoms with Gasteiger partial charge in [0.2, 0.25) is 0 Å². The summed E-state index contributed by atoms with van der Waals surface area (Å²) < 4.78 is 0. The molecular weight excluding hydrogens is 634 g/mol. The van der Waals surface area contributed by atoms with Crippen LogP contribution in [0, 0.1) is 0 Å². The Balaban J connectivity index is -0.0000000600. The molecular formula is C6H15BW3. The maximum Gasteiger partial charge on any atom is 0.139 e. The Bertz CT molecular complexity index is 34.5. The van der Waals surface area contributed by atoms with Gasteiger partial charge < -0.3 is 0 Å². The molecule has 60 valence electrons. The Morgan fingerprint density at radius 1 is 0.700 bits per heavy atom. The third-order valence-electron chi connectivity index (χ3n) is 1.73. The predicted molar refractivity (Wildman–Crippen MR) is 37.2 cm³/mol. The Morgan fingerprint density at radius 2 is 0.900 bits per heavy atom. The summed E-state index contributed by atoms with van der Waals surface area (Å²) in [7, 11) is 0. The monoisotopic (exact) mass is 650 g/mol. The average molecular weight is 650 g/mol. The van der Waals surface area contributed by atoms with Gasteiger partial charge in [-0.1, -0.05) is 39.7 Å². The van der Waals surface area contributed by atoms with E-state index < -0.39 is 0 Å². The molecule has 0 aromatic heterocycles. The second-order valence-corrected chi connectivity index (χ2v) is 2.09. The molecule has 0 bridgehead atoms. The van der Waals surface area contributed by atoms with Crippen LogP contribution in [0.4, 0.5) is 0 Å². The van der Waals surface area contributed by atoms with Gasteiger partial charge in [-0.25, -0.2) is 0 Å². The predicted octanol–water partition coefficient (Wildman–Crippen LogP) is 2.53. The molecule has 0 saturated carbocycles. The molecule has 0 nitrogen and oxygen atoms in total. The molecule has 0 aliphatic heterocycles. The van der Waals surface area contributed by atoms with Crippen molar-refractivity contribution in [2.75, 3.05) is 0 Å². The van der Waals surface area contributed by atoms with Crippen molar-refractivity contribution in [2.45, 2.75) is 39.7 Å². The quantitative estimate of drug-likeness (QED) is 0.413. The zero-order chi connectivity index (χ0) is 5.70. The molecule has 0 amide bonds. The van der Waals surface area contributed by atoms with Gasteiger partial charge in [0.1, 0.15) is 6.71 Å². The summed E-state index contributed by atoms with van der Waals surface area (Å²) in [4.78, 5) is 0. The molecule has 0 rings (SSSR count). The smallest absolute Gasteiger partial charge is 0.0770 e. The number of rotatable bonds is 3. The molecule has 0 atom stereocenters. The van der Waals surface area contributed by atoms with Crippen molar-refractivity contribution in [3.05, 3.63) is 0 Å². The van der Waals surface area contributed by atoms with Crippen LogP contribution in [0.3, 0.4) is 0 Å². The van der Waals surface area contributed by atoms with Gasteiger partial charge in [0.05, 0.1) is 0 Å². The van der Waals surface area contributed by atoms with Crippen LogP contribution < -0.4 is 0 Å². The van der Waals surface area contributed by atoms with Crippen LogP contribution in [-0.2, 0) is 63.2 Å². The van der Waals surface area contributed by atoms with Gasteiger partial charge in [-0.15, -0.1) is 0 Å². The molecule has 0 radical (unpaired) electrons.